The van der Waals surface area contributed by atoms with E-state index in [0.717, 1.165) is 30.4 Å². The Hall–Kier alpha value is -1.33. The maximum absolute atomic E-state index is 5.36. The molecule has 0 aliphatic heterocycles. The Bertz CT molecular complexity index is 481. The summed E-state index contributed by atoms with van der Waals surface area (Å²) in [5, 5.41) is 4.50. The number of nitrogens with one attached hydrogen (secondary N) is 1. The van der Waals surface area contributed by atoms with Gasteiger partial charge >= 0.3 is 0 Å². The molecule has 1 unspecified atom stereocenters. The predicted molar refractivity (Wildman–Crippen MR) is 79.6 cm³/mol. The highest BCUT2D eigenvalue weighted by molar-refractivity contribution is 7.15. The molecule has 2 aromatic heterocycles. The zero-order valence-electron chi connectivity index (χ0n) is 11.7. The van der Waals surface area contributed by atoms with Crippen LogP contribution in [0.5, 0.6) is 0 Å². The molecule has 0 bridgehead atoms. The van der Waals surface area contributed by atoms with Crippen LogP contribution in [0.3, 0.4) is 0 Å². The average Bonchev–Trinajstić information content (AvgIpc) is 3.06. The molecule has 0 aliphatic carbocycles. The van der Waals surface area contributed by atoms with E-state index in [1.807, 2.05) is 25.4 Å². The summed E-state index contributed by atoms with van der Waals surface area (Å²) in [5.41, 5.74) is 0. The first-order chi connectivity index (χ1) is 9.20. The number of nitrogens with zero attached hydrogens (tertiary/aromatic N) is 2. The molecule has 0 amide bonds. The van der Waals surface area contributed by atoms with E-state index in [1.165, 1.54) is 4.88 Å². The van der Waals surface area contributed by atoms with Crippen molar-refractivity contribution >= 4 is 16.5 Å². The van der Waals surface area contributed by atoms with Crippen molar-refractivity contribution in [1.82, 2.24) is 10.3 Å². The Labute approximate surface area is 118 Å². The molecule has 0 radical (unpaired) electrons. The minimum atomic E-state index is 0.364. The summed E-state index contributed by atoms with van der Waals surface area (Å²) in [7, 11) is 2.04. The van der Waals surface area contributed by atoms with Gasteiger partial charge in [0.15, 0.2) is 5.13 Å². The van der Waals surface area contributed by atoms with E-state index in [-0.39, 0.29) is 0 Å². The molecule has 2 aromatic rings. The second kappa shape index (κ2) is 6.73. The Morgan fingerprint density at radius 2 is 2.37 bits per heavy atom. The van der Waals surface area contributed by atoms with Crippen LogP contribution in [0.25, 0.3) is 0 Å². The fourth-order valence-electron chi connectivity index (χ4n) is 1.82. The zero-order chi connectivity index (χ0) is 13.7. The van der Waals surface area contributed by atoms with Crippen LogP contribution in [-0.4, -0.2) is 18.6 Å². The molecule has 0 saturated carbocycles. The Morgan fingerprint density at radius 1 is 1.53 bits per heavy atom. The number of anilines is 1. The Balaban J connectivity index is 1.96. The smallest absolute Gasteiger partial charge is 0.185 e. The van der Waals surface area contributed by atoms with Crippen molar-refractivity contribution < 1.29 is 4.42 Å². The average molecular weight is 279 g/mol. The Morgan fingerprint density at radius 3 is 3.05 bits per heavy atom. The maximum atomic E-state index is 5.36. The van der Waals surface area contributed by atoms with Crippen molar-refractivity contribution in [2.75, 3.05) is 18.5 Å². The van der Waals surface area contributed by atoms with E-state index in [1.54, 1.807) is 17.6 Å². The molecule has 0 aliphatic rings. The summed E-state index contributed by atoms with van der Waals surface area (Å²) < 4.78 is 5.36. The van der Waals surface area contributed by atoms with Crippen LogP contribution in [0.4, 0.5) is 5.13 Å². The van der Waals surface area contributed by atoms with Crippen LogP contribution in [0.2, 0.25) is 0 Å². The highest BCUT2D eigenvalue weighted by atomic mass is 32.1. The molecule has 19 heavy (non-hydrogen) atoms. The first-order valence-corrected chi connectivity index (χ1v) is 7.45. The number of thiazole rings is 1. The highest BCUT2D eigenvalue weighted by Gasteiger charge is 2.12. The number of rotatable bonds is 7. The fraction of sp³-hybridized carbons (Fsp3) is 0.500. The second-order valence-corrected chi connectivity index (χ2v) is 5.70. The van der Waals surface area contributed by atoms with Gasteiger partial charge in [0.25, 0.3) is 0 Å². The van der Waals surface area contributed by atoms with Gasteiger partial charge in [0.2, 0.25) is 0 Å². The van der Waals surface area contributed by atoms with Gasteiger partial charge < -0.3 is 14.6 Å². The van der Waals surface area contributed by atoms with Crippen LogP contribution in [0.1, 0.15) is 36.9 Å². The van der Waals surface area contributed by atoms with Crippen molar-refractivity contribution in [3.05, 3.63) is 35.2 Å². The summed E-state index contributed by atoms with van der Waals surface area (Å²) in [6, 6.07) is 4.26. The third-order valence-electron chi connectivity index (χ3n) is 2.94. The number of hydrogen-bond donors (Lipinski definition) is 1. The topological polar surface area (TPSA) is 41.3 Å². The molecular weight excluding hydrogens is 258 g/mol. The summed E-state index contributed by atoms with van der Waals surface area (Å²) in [6.45, 7) is 6.14. The summed E-state index contributed by atoms with van der Waals surface area (Å²) >= 11 is 1.73. The van der Waals surface area contributed by atoms with Gasteiger partial charge in [0.1, 0.15) is 5.76 Å². The Kier molecular flexibility index (Phi) is 4.99. The van der Waals surface area contributed by atoms with Crippen molar-refractivity contribution in [3.63, 3.8) is 0 Å². The summed E-state index contributed by atoms with van der Waals surface area (Å²) in [5.74, 6) is 0.955. The number of hydrogen-bond acceptors (Lipinski definition) is 5. The monoisotopic (exact) mass is 279 g/mol. The van der Waals surface area contributed by atoms with Gasteiger partial charge in [0.05, 0.1) is 12.8 Å². The summed E-state index contributed by atoms with van der Waals surface area (Å²) in [6.07, 6.45) is 4.81. The van der Waals surface area contributed by atoms with Crippen molar-refractivity contribution in [2.45, 2.75) is 32.9 Å². The molecule has 2 rings (SSSR count). The SMILES string of the molecule is CCCNC(C)c1cnc(N(C)Cc2ccco2)s1. The van der Waals surface area contributed by atoms with Gasteiger partial charge in [-0.15, -0.1) is 11.3 Å². The molecule has 0 fully saturated rings. The van der Waals surface area contributed by atoms with Gasteiger partial charge in [-0.1, -0.05) is 6.92 Å². The summed E-state index contributed by atoms with van der Waals surface area (Å²) in [4.78, 5) is 7.87. The maximum Gasteiger partial charge on any atom is 0.185 e. The van der Waals surface area contributed by atoms with Crippen LogP contribution in [-0.2, 0) is 6.54 Å². The first kappa shape index (κ1) is 14.1. The van der Waals surface area contributed by atoms with E-state index in [9.17, 15) is 0 Å². The van der Waals surface area contributed by atoms with E-state index >= 15 is 0 Å². The molecule has 1 atom stereocenters. The van der Waals surface area contributed by atoms with Crippen LogP contribution in [0, 0.1) is 0 Å². The van der Waals surface area contributed by atoms with Gasteiger partial charge in [-0.2, -0.15) is 0 Å². The molecule has 4 nitrogen and oxygen atoms in total. The molecule has 104 valence electrons. The number of furan rings is 1. The fourth-order valence-corrected chi connectivity index (χ4v) is 2.72. The van der Waals surface area contributed by atoms with E-state index in [2.05, 4.69) is 29.0 Å². The van der Waals surface area contributed by atoms with E-state index in [4.69, 9.17) is 4.42 Å². The second-order valence-electron chi connectivity index (χ2n) is 4.66. The molecule has 0 aromatic carbocycles. The molecule has 2 heterocycles. The quantitative estimate of drug-likeness (QED) is 0.843. The van der Waals surface area contributed by atoms with Gasteiger partial charge in [-0.3, -0.25) is 0 Å². The normalized spacial score (nSPS) is 12.6. The van der Waals surface area contributed by atoms with E-state index < -0.39 is 0 Å². The number of aromatic nitrogens is 1. The van der Waals surface area contributed by atoms with Crippen molar-refractivity contribution in [1.29, 1.82) is 0 Å². The van der Waals surface area contributed by atoms with Crippen molar-refractivity contribution in [2.24, 2.45) is 0 Å². The minimum Gasteiger partial charge on any atom is -0.467 e. The third-order valence-corrected chi connectivity index (χ3v) is 4.23. The van der Waals surface area contributed by atoms with Crippen LogP contribution >= 0.6 is 11.3 Å². The largest absolute Gasteiger partial charge is 0.467 e. The zero-order valence-corrected chi connectivity index (χ0v) is 12.5. The molecule has 5 heteroatoms. The highest BCUT2D eigenvalue weighted by Crippen LogP contribution is 2.27. The lowest BCUT2D eigenvalue weighted by Gasteiger charge is -2.14. The lowest BCUT2D eigenvalue weighted by Crippen LogP contribution is -2.18. The predicted octanol–water partition coefficient (Wildman–Crippen LogP) is 3.43. The van der Waals surface area contributed by atoms with E-state index in [0.29, 0.717) is 6.04 Å². The minimum absolute atomic E-state index is 0.364. The lowest BCUT2D eigenvalue weighted by atomic mass is 10.3. The third kappa shape index (κ3) is 3.81. The molecule has 1 N–H and O–H groups in total. The molecule has 0 spiro atoms. The molecule has 0 saturated heterocycles. The van der Waals surface area contributed by atoms with Crippen LogP contribution in [0.15, 0.2) is 29.0 Å². The van der Waals surface area contributed by atoms with Gasteiger partial charge in [0, 0.05) is 24.2 Å². The van der Waals surface area contributed by atoms with Crippen LogP contribution < -0.4 is 10.2 Å². The van der Waals surface area contributed by atoms with Gasteiger partial charge in [-0.05, 0) is 32.0 Å². The first-order valence-electron chi connectivity index (χ1n) is 6.63. The van der Waals surface area contributed by atoms with Gasteiger partial charge in [-0.25, -0.2) is 4.98 Å². The standard InChI is InChI=1S/C14H21N3OS/c1-4-7-15-11(2)13-9-16-14(19-13)17(3)10-12-6-5-8-18-12/h5-6,8-9,11,15H,4,7,10H2,1-3H3. The lowest BCUT2D eigenvalue weighted by molar-refractivity contribution is 0.507. The van der Waals surface area contributed by atoms with Crippen molar-refractivity contribution in [3.8, 4) is 0 Å². The molecular formula is C14H21N3OS.